The van der Waals surface area contributed by atoms with Crippen LogP contribution >= 0.6 is 23.2 Å². The number of hydrogen-bond acceptors (Lipinski definition) is 3. The van der Waals surface area contributed by atoms with Crippen molar-refractivity contribution in [1.82, 2.24) is 13.7 Å². The molecule has 0 saturated heterocycles. The fraction of sp³-hybridized carbons (Fsp3) is 0.304. The topological polar surface area (TPSA) is 69.2 Å². The highest BCUT2D eigenvalue weighted by atomic mass is 35.5. The van der Waals surface area contributed by atoms with Crippen LogP contribution in [0.15, 0.2) is 63.7 Å². The first-order valence-corrected chi connectivity index (χ1v) is 10.9. The van der Waals surface area contributed by atoms with Crippen LogP contribution in [0.1, 0.15) is 13.3 Å². The summed E-state index contributed by atoms with van der Waals surface area (Å²) < 4.78 is 4.56. The number of fused-ring (bicyclic) bond motifs is 1. The first-order chi connectivity index (χ1) is 14.9. The number of benzene rings is 1. The fourth-order valence-electron chi connectivity index (χ4n) is 3.61. The van der Waals surface area contributed by atoms with Crippen LogP contribution in [-0.2, 0) is 20.1 Å². The third-order valence-electron chi connectivity index (χ3n) is 5.20. The van der Waals surface area contributed by atoms with Crippen molar-refractivity contribution in [3.8, 4) is 11.3 Å². The van der Waals surface area contributed by atoms with Crippen LogP contribution in [0.2, 0.25) is 5.02 Å². The second-order valence-electron chi connectivity index (χ2n) is 7.16. The van der Waals surface area contributed by atoms with Crippen molar-refractivity contribution in [2.75, 3.05) is 12.5 Å². The van der Waals surface area contributed by atoms with Gasteiger partial charge in [-0.3, -0.25) is 13.9 Å². The van der Waals surface area contributed by atoms with Gasteiger partial charge in [-0.05, 0) is 42.7 Å². The van der Waals surface area contributed by atoms with Gasteiger partial charge in [0, 0.05) is 37.6 Å². The van der Waals surface area contributed by atoms with Gasteiger partial charge in [0.15, 0.2) is 0 Å². The minimum Gasteiger partial charge on any atom is -0.396 e. The standard InChI is InChI=1S/C23H25Cl2N3O3/c1-3-16(7-5-10-24)15-28-19(17-8-4-9-18(25)13-17)14-20-21(28)22(30)27(11-6-12-29)23(31)26(20)2/h3-5,7-9,13-14,29H,6,10-12,15H2,1-2H3/b7-5-,16-3+. The molecule has 3 aromatic rings. The van der Waals surface area contributed by atoms with Gasteiger partial charge in [0.2, 0.25) is 0 Å². The second-order valence-corrected chi connectivity index (χ2v) is 7.90. The van der Waals surface area contributed by atoms with Crippen LogP contribution in [0.4, 0.5) is 0 Å². The van der Waals surface area contributed by atoms with Crippen molar-refractivity contribution < 1.29 is 5.11 Å². The van der Waals surface area contributed by atoms with E-state index in [4.69, 9.17) is 23.2 Å². The summed E-state index contributed by atoms with van der Waals surface area (Å²) in [5.41, 5.74) is 2.77. The molecule has 0 bridgehead atoms. The van der Waals surface area contributed by atoms with Gasteiger partial charge < -0.3 is 9.67 Å². The number of aryl methyl sites for hydroxylation is 1. The average molecular weight is 462 g/mol. The van der Waals surface area contributed by atoms with E-state index in [1.165, 1.54) is 9.13 Å². The molecule has 0 aliphatic heterocycles. The van der Waals surface area contributed by atoms with Crippen LogP contribution in [-0.4, -0.2) is 31.3 Å². The summed E-state index contributed by atoms with van der Waals surface area (Å²) in [6, 6.07) is 9.23. The van der Waals surface area contributed by atoms with Gasteiger partial charge in [0.1, 0.15) is 5.52 Å². The normalized spacial score (nSPS) is 12.4. The zero-order valence-electron chi connectivity index (χ0n) is 17.5. The van der Waals surface area contributed by atoms with Crippen LogP contribution in [0.3, 0.4) is 0 Å². The Balaban J connectivity index is 2.36. The van der Waals surface area contributed by atoms with Crippen molar-refractivity contribution >= 4 is 34.2 Å². The molecule has 2 heterocycles. The summed E-state index contributed by atoms with van der Waals surface area (Å²) in [5.74, 6) is 0.382. The molecule has 0 atom stereocenters. The Bertz CT molecular complexity index is 1270. The number of aliphatic hydroxyl groups excluding tert-OH is 1. The molecule has 0 radical (unpaired) electrons. The van der Waals surface area contributed by atoms with Gasteiger partial charge in [-0.2, -0.15) is 0 Å². The summed E-state index contributed by atoms with van der Waals surface area (Å²) in [5, 5.41) is 9.77. The maximum atomic E-state index is 13.4. The van der Waals surface area contributed by atoms with E-state index in [0.29, 0.717) is 34.9 Å². The monoisotopic (exact) mass is 461 g/mol. The van der Waals surface area contributed by atoms with E-state index in [0.717, 1.165) is 16.8 Å². The summed E-state index contributed by atoms with van der Waals surface area (Å²) >= 11 is 12.0. The van der Waals surface area contributed by atoms with E-state index < -0.39 is 5.69 Å². The van der Waals surface area contributed by atoms with Crippen LogP contribution in [0.25, 0.3) is 22.3 Å². The number of aliphatic hydroxyl groups is 1. The molecule has 3 rings (SSSR count). The van der Waals surface area contributed by atoms with Crippen LogP contribution < -0.4 is 11.2 Å². The smallest absolute Gasteiger partial charge is 0.331 e. The third kappa shape index (κ3) is 4.71. The molecule has 8 heteroatoms. The highest BCUT2D eigenvalue weighted by Gasteiger charge is 2.20. The van der Waals surface area contributed by atoms with Crippen molar-refractivity contribution in [2.45, 2.75) is 26.4 Å². The van der Waals surface area contributed by atoms with Gasteiger partial charge in [0.05, 0.1) is 11.2 Å². The molecule has 31 heavy (non-hydrogen) atoms. The minimum absolute atomic E-state index is 0.103. The Morgan fingerprint density at radius 3 is 2.61 bits per heavy atom. The molecular formula is C23H25Cl2N3O3. The van der Waals surface area contributed by atoms with Crippen LogP contribution in [0, 0.1) is 0 Å². The molecule has 1 N–H and O–H groups in total. The van der Waals surface area contributed by atoms with Crippen molar-refractivity contribution in [1.29, 1.82) is 0 Å². The van der Waals surface area contributed by atoms with Gasteiger partial charge in [-0.1, -0.05) is 42.0 Å². The first kappa shape index (κ1) is 23.1. The van der Waals surface area contributed by atoms with E-state index in [2.05, 4.69) is 0 Å². The predicted molar refractivity (Wildman–Crippen MR) is 127 cm³/mol. The fourth-order valence-corrected chi connectivity index (χ4v) is 3.89. The van der Waals surface area contributed by atoms with E-state index in [1.807, 2.05) is 54.0 Å². The Kier molecular flexibility index (Phi) is 7.59. The highest BCUT2D eigenvalue weighted by molar-refractivity contribution is 6.30. The number of aromatic nitrogens is 3. The largest absolute Gasteiger partial charge is 0.396 e. The molecule has 0 unspecified atom stereocenters. The van der Waals surface area contributed by atoms with Gasteiger partial charge in [-0.15, -0.1) is 11.6 Å². The molecule has 0 spiro atoms. The minimum atomic E-state index is -0.408. The van der Waals surface area contributed by atoms with Gasteiger partial charge >= 0.3 is 5.69 Å². The number of allylic oxidation sites excluding steroid dienone is 4. The summed E-state index contributed by atoms with van der Waals surface area (Å²) in [6.45, 7) is 2.39. The summed E-state index contributed by atoms with van der Waals surface area (Å²) in [6.07, 6.45) is 6.05. The average Bonchev–Trinajstić information content (AvgIpc) is 3.14. The highest BCUT2D eigenvalue weighted by Crippen LogP contribution is 2.29. The number of alkyl halides is 1. The maximum absolute atomic E-state index is 13.4. The molecule has 0 aliphatic rings. The maximum Gasteiger partial charge on any atom is 0.331 e. The molecular weight excluding hydrogens is 437 g/mol. The Morgan fingerprint density at radius 1 is 1.19 bits per heavy atom. The summed E-state index contributed by atoms with van der Waals surface area (Å²) in [4.78, 5) is 26.2. The Hall–Kier alpha value is -2.54. The SMILES string of the molecule is C/C=C(\C=C/CCl)Cn1c(-c2cccc(Cl)c2)cc2c1c(=O)n(CCCO)c(=O)n2C. The molecule has 164 valence electrons. The lowest BCUT2D eigenvalue weighted by atomic mass is 10.1. The zero-order chi connectivity index (χ0) is 22.5. The Morgan fingerprint density at radius 2 is 1.97 bits per heavy atom. The van der Waals surface area contributed by atoms with E-state index in [-0.39, 0.29) is 18.7 Å². The van der Waals surface area contributed by atoms with Gasteiger partial charge in [-0.25, -0.2) is 4.79 Å². The lowest BCUT2D eigenvalue weighted by Gasteiger charge is -2.13. The first-order valence-electron chi connectivity index (χ1n) is 10.0. The molecule has 1 aromatic carbocycles. The molecule has 0 amide bonds. The van der Waals surface area contributed by atoms with E-state index in [9.17, 15) is 14.7 Å². The molecule has 0 saturated carbocycles. The molecule has 0 fully saturated rings. The van der Waals surface area contributed by atoms with Crippen molar-refractivity contribution in [3.05, 3.63) is 80.0 Å². The summed E-state index contributed by atoms with van der Waals surface area (Å²) in [7, 11) is 1.65. The molecule has 0 aliphatic carbocycles. The molecule has 2 aromatic heterocycles. The quantitative estimate of drug-likeness (QED) is 0.407. The lowest BCUT2D eigenvalue weighted by molar-refractivity contribution is 0.277. The van der Waals surface area contributed by atoms with E-state index >= 15 is 0 Å². The van der Waals surface area contributed by atoms with E-state index in [1.54, 1.807) is 13.1 Å². The molecule has 6 nitrogen and oxygen atoms in total. The number of rotatable bonds is 8. The van der Waals surface area contributed by atoms with Crippen LogP contribution in [0.5, 0.6) is 0 Å². The van der Waals surface area contributed by atoms with Gasteiger partial charge in [0.25, 0.3) is 5.56 Å². The van der Waals surface area contributed by atoms with Crippen molar-refractivity contribution in [2.24, 2.45) is 7.05 Å². The predicted octanol–water partition coefficient (Wildman–Crippen LogP) is 3.95. The lowest BCUT2D eigenvalue weighted by Crippen LogP contribution is -2.39. The number of halogens is 2. The Labute approximate surface area is 190 Å². The number of hydrogen-bond donors (Lipinski definition) is 1. The zero-order valence-corrected chi connectivity index (χ0v) is 19.0. The number of nitrogens with zero attached hydrogens (tertiary/aromatic N) is 3. The third-order valence-corrected chi connectivity index (χ3v) is 5.61. The second kappa shape index (κ2) is 10.2. The van der Waals surface area contributed by atoms with Crippen molar-refractivity contribution in [3.63, 3.8) is 0 Å².